The van der Waals surface area contributed by atoms with Crippen molar-refractivity contribution in [3.05, 3.63) is 23.5 Å². The number of nitrogens with zero attached hydrogens (tertiary/aromatic N) is 5. The van der Waals surface area contributed by atoms with Crippen LogP contribution >= 0.6 is 0 Å². The number of nitrogens with two attached hydrogens (primary N) is 1. The van der Waals surface area contributed by atoms with Crippen LogP contribution in [0.15, 0.2) is 12.3 Å². The number of ether oxygens (including phenoxy) is 3. The van der Waals surface area contributed by atoms with Crippen LogP contribution in [0.25, 0.3) is 0 Å². The molecule has 1 saturated heterocycles. The molecule has 10 heteroatoms. The summed E-state index contributed by atoms with van der Waals surface area (Å²) in [5.41, 5.74) is 8.57. The Morgan fingerprint density at radius 3 is 2.80 bits per heavy atom. The second-order valence-electron chi connectivity index (χ2n) is 7.52. The van der Waals surface area contributed by atoms with Crippen molar-refractivity contribution in [2.75, 3.05) is 51.7 Å². The lowest BCUT2D eigenvalue weighted by atomic mass is 10.0. The average Bonchev–Trinajstić information content (AvgIpc) is 3.17. The first-order valence-corrected chi connectivity index (χ1v) is 10.1. The number of carbonyl (C=O) groups excluding carboxylic acids is 1. The van der Waals surface area contributed by atoms with Gasteiger partial charge < -0.3 is 29.7 Å². The van der Waals surface area contributed by atoms with Gasteiger partial charge in [-0.3, -0.25) is 4.68 Å². The Labute approximate surface area is 175 Å². The van der Waals surface area contributed by atoms with Crippen LogP contribution in [-0.2, 0) is 22.4 Å². The van der Waals surface area contributed by atoms with Crippen LogP contribution in [0, 0.1) is 0 Å². The first-order valence-electron chi connectivity index (χ1n) is 10.1. The van der Waals surface area contributed by atoms with Crippen molar-refractivity contribution >= 4 is 23.4 Å². The normalized spacial score (nSPS) is 16.8. The Morgan fingerprint density at radius 2 is 2.10 bits per heavy atom. The minimum absolute atomic E-state index is 0.285. The standard InChI is InChI=1S/C20H28N6O4/c1-24(18-10-17(28-2)15(21)11-22-18)19-14-12-25(20(27)29-3)7-4-16(14)26(23-19)13-5-8-30-9-6-13/h10-11,13H,4-9,12,21H2,1-3H3. The molecule has 1 amide bonds. The SMILES string of the molecule is COC(=O)N1CCc2c(c(N(C)c3cc(OC)c(N)cn3)nn2C2CCOCC2)C1. The molecule has 2 aliphatic rings. The molecule has 10 nitrogen and oxygen atoms in total. The third kappa shape index (κ3) is 3.62. The number of anilines is 3. The number of carbonyl (C=O) groups is 1. The molecule has 2 N–H and O–H groups in total. The molecule has 0 atom stereocenters. The van der Waals surface area contributed by atoms with Crippen LogP contribution in [0.1, 0.15) is 30.1 Å². The molecular weight excluding hydrogens is 388 g/mol. The lowest BCUT2D eigenvalue weighted by Gasteiger charge is -2.29. The minimum Gasteiger partial charge on any atom is -0.494 e. The predicted molar refractivity (Wildman–Crippen MR) is 111 cm³/mol. The van der Waals surface area contributed by atoms with Crippen molar-refractivity contribution in [1.82, 2.24) is 19.7 Å². The molecule has 2 aromatic rings. The molecule has 0 bridgehead atoms. The fraction of sp³-hybridized carbons (Fsp3) is 0.550. The Morgan fingerprint density at radius 1 is 1.33 bits per heavy atom. The molecule has 0 aliphatic carbocycles. The number of aromatic nitrogens is 3. The summed E-state index contributed by atoms with van der Waals surface area (Å²) < 4.78 is 18.0. The summed E-state index contributed by atoms with van der Waals surface area (Å²) in [6.07, 6.45) is 3.81. The van der Waals surface area contributed by atoms with Gasteiger partial charge in [0.2, 0.25) is 0 Å². The summed E-state index contributed by atoms with van der Waals surface area (Å²) in [5.74, 6) is 1.99. The molecule has 0 saturated carbocycles. The highest BCUT2D eigenvalue weighted by Crippen LogP contribution is 2.36. The summed E-state index contributed by atoms with van der Waals surface area (Å²) >= 11 is 0. The van der Waals surface area contributed by atoms with Gasteiger partial charge in [-0.15, -0.1) is 0 Å². The van der Waals surface area contributed by atoms with Gasteiger partial charge in [0.05, 0.1) is 38.7 Å². The highest BCUT2D eigenvalue weighted by molar-refractivity contribution is 5.70. The number of amides is 1. The zero-order chi connectivity index (χ0) is 21.3. The van der Waals surface area contributed by atoms with Crippen LogP contribution in [0.2, 0.25) is 0 Å². The number of rotatable bonds is 4. The van der Waals surface area contributed by atoms with Gasteiger partial charge in [-0.2, -0.15) is 5.10 Å². The monoisotopic (exact) mass is 416 g/mol. The summed E-state index contributed by atoms with van der Waals surface area (Å²) in [7, 11) is 4.89. The first kappa shape index (κ1) is 20.3. The molecule has 1 fully saturated rings. The van der Waals surface area contributed by atoms with Gasteiger partial charge in [0.15, 0.2) is 5.82 Å². The molecule has 0 spiro atoms. The molecule has 0 aromatic carbocycles. The van der Waals surface area contributed by atoms with Crippen LogP contribution < -0.4 is 15.4 Å². The maximum atomic E-state index is 12.2. The van der Waals surface area contributed by atoms with Crippen molar-refractivity contribution in [3.8, 4) is 5.75 Å². The number of hydrogen-bond acceptors (Lipinski definition) is 8. The first-order chi connectivity index (χ1) is 14.5. The highest BCUT2D eigenvalue weighted by Gasteiger charge is 2.32. The fourth-order valence-corrected chi connectivity index (χ4v) is 4.12. The second kappa shape index (κ2) is 8.39. The number of fused-ring (bicyclic) bond motifs is 1. The molecule has 4 heterocycles. The maximum Gasteiger partial charge on any atom is 0.409 e. The lowest BCUT2D eigenvalue weighted by molar-refractivity contribution is 0.0649. The zero-order valence-corrected chi connectivity index (χ0v) is 17.6. The zero-order valence-electron chi connectivity index (χ0n) is 17.6. The Kier molecular flexibility index (Phi) is 5.67. The molecule has 162 valence electrons. The smallest absolute Gasteiger partial charge is 0.409 e. The quantitative estimate of drug-likeness (QED) is 0.807. The molecule has 2 aliphatic heterocycles. The van der Waals surface area contributed by atoms with Crippen molar-refractivity contribution < 1.29 is 19.0 Å². The summed E-state index contributed by atoms with van der Waals surface area (Å²) in [6, 6.07) is 2.07. The topological polar surface area (TPSA) is 108 Å². The highest BCUT2D eigenvalue weighted by atomic mass is 16.5. The van der Waals surface area contributed by atoms with Crippen molar-refractivity contribution in [3.63, 3.8) is 0 Å². The summed E-state index contributed by atoms with van der Waals surface area (Å²) in [5, 5.41) is 4.99. The lowest BCUT2D eigenvalue weighted by Crippen LogP contribution is -2.37. The van der Waals surface area contributed by atoms with E-state index in [1.54, 1.807) is 24.3 Å². The largest absolute Gasteiger partial charge is 0.494 e. The van der Waals surface area contributed by atoms with Gasteiger partial charge in [0.25, 0.3) is 0 Å². The van der Waals surface area contributed by atoms with Gasteiger partial charge in [0.1, 0.15) is 11.6 Å². The predicted octanol–water partition coefficient (Wildman–Crippen LogP) is 2.11. The number of methoxy groups -OCH3 is 2. The summed E-state index contributed by atoms with van der Waals surface area (Å²) in [6.45, 7) is 2.51. The van der Waals surface area contributed by atoms with Crippen LogP contribution in [0.5, 0.6) is 5.75 Å². The Balaban J connectivity index is 1.74. The van der Waals surface area contributed by atoms with E-state index >= 15 is 0 Å². The van der Waals surface area contributed by atoms with Gasteiger partial charge in [-0.1, -0.05) is 0 Å². The van der Waals surface area contributed by atoms with E-state index in [0.717, 1.165) is 49.6 Å². The van der Waals surface area contributed by atoms with E-state index in [1.165, 1.54) is 7.11 Å². The number of pyridine rings is 1. The summed E-state index contributed by atoms with van der Waals surface area (Å²) in [4.78, 5) is 20.2. The van der Waals surface area contributed by atoms with Gasteiger partial charge in [-0.05, 0) is 12.8 Å². The molecule has 4 rings (SSSR count). The molecule has 2 aromatic heterocycles. The number of nitrogen functional groups attached to an aromatic ring is 1. The van der Waals surface area contributed by atoms with Crippen LogP contribution in [-0.4, -0.2) is 66.8 Å². The van der Waals surface area contributed by atoms with E-state index in [2.05, 4.69) is 9.67 Å². The minimum atomic E-state index is -0.333. The van der Waals surface area contributed by atoms with E-state index in [4.69, 9.17) is 25.0 Å². The number of hydrogen-bond donors (Lipinski definition) is 1. The van der Waals surface area contributed by atoms with Crippen molar-refractivity contribution in [2.45, 2.75) is 31.8 Å². The van der Waals surface area contributed by atoms with Crippen molar-refractivity contribution in [1.29, 1.82) is 0 Å². The van der Waals surface area contributed by atoms with Crippen LogP contribution in [0.4, 0.5) is 22.1 Å². The van der Waals surface area contributed by atoms with Crippen LogP contribution in [0.3, 0.4) is 0 Å². The van der Waals surface area contributed by atoms with Crippen molar-refractivity contribution in [2.24, 2.45) is 0 Å². The van der Waals surface area contributed by atoms with Gasteiger partial charge in [-0.25, -0.2) is 9.78 Å². The van der Waals surface area contributed by atoms with Gasteiger partial charge >= 0.3 is 6.09 Å². The molecular formula is C20H28N6O4. The van der Waals surface area contributed by atoms with E-state index < -0.39 is 0 Å². The Hall–Kier alpha value is -3.01. The maximum absolute atomic E-state index is 12.2. The Bertz CT molecular complexity index is 924. The van der Waals surface area contributed by atoms with E-state index in [-0.39, 0.29) is 12.1 Å². The van der Waals surface area contributed by atoms with E-state index in [9.17, 15) is 4.79 Å². The fourth-order valence-electron chi connectivity index (χ4n) is 4.12. The second-order valence-corrected chi connectivity index (χ2v) is 7.52. The van der Waals surface area contributed by atoms with Gasteiger partial charge in [0, 0.05) is 50.6 Å². The third-order valence-corrected chi connectivity index (χ3v) is 5.80. The molecule has 0 radical (unpaired) electrons. The molecule has 30 heavy (non-hydrogen) atoms. The third-order valence-electron chi connectivity index (χ3n) is 5.80. The van der Waals surface area contributed by atoms with E-state index in [1.807, 2.05) is 11.9 Å². The molecule has 0 unspecified atom stereocenters. The average molecular weight is 416 g/mol. The van der Waals surface area contributed by atoms with E-state index in [0.29, 0.717) is 30.3 Å².